The Kier molecular flexibility index (Phi) is 3.99. The fourth-order valence-corrected chi connectivity index (χ4v) is 1.93. The first-order valence-corrected chi connectivity index (χ1v) is 4.93. The van der Waals surface area contributed by atoms with Crippen LogP contribution in [0.15, 0.2) is 12.1 Å². The van der Waals surface area contributed by atoms with Gasteiger partial charge in [0.05, 0.1) is 0 Å². The van der Waals surface area contributed by atoms with Crippen LogP contribution in [-0.4, -0.2) is 17.8 Å². The van der Waals surface area contributed by atoms with E-state index in [2.05, 4.69) is 0 Å². The Morgan fingerprint density at radius 3 is 2.93 bits per heavy atom. The lowest BCUT2D eigenvalue weighted by Gasteiger charge is -2.07. The van der Waals surface area contributed by atoms with E-state index in [1.165, 1.54) is 5.56 Å². The molecule has 1 heterocycles. The summed E-state index contributed by atoms with van der Waals surface area (Å²) < 4.78 is 5.53. The van der Waals surface area contributed by atoms with Gasteiger partial charge >= 0.3 is 0 Å². The first-order valence-electron chi connectivity index (χ1n) is 4.93. The van der Waals surface area contributed by atoms with Crippen LogP contribution in [-0.2, 0) is 12.8 Å². The molecule has 3 N–H and O–H groups in total. The molecule has 0 fully saturated rings. The van der Waals surface area contributed by atoms with E-state index in [-0.39, 0.29) is 28.8 Å². The fourth-order valence-electron chi connectivity index (χ4n) is 1.93. The lowest BCUT2D eigenvalue weighted by Crippen LogP contribution is -2.07. The van der Waals surface area contributed by atoms with Crippen LogP contribution >= 0.6 is 17.0 Å². The summed E-state index contributed by atoms with van der Waals surface area (Å²) in [5.74, 6) is 0.897. The van der Waals surface area contributed by atoms with Crippen molar-refractivity contribution in [3.8, 4) is 11.5 Å². The monoisotopic (exact) mass is 273 g/mol. The molecular weight excluding hydrogens is 258 g/mol. The first-order chi connectivity index (χ1) is 6.72. The normalized spacial score (nSPS) is 17.9. The Labute approximate surface area is 100 Å². The van der Waals surface area contributed by atoms with Crippen LogP contribution in [0.5, 0.6) is 11.5 Å². The highest BCUT2D eigenvalue weighted by molar-refractivity contribution is 8.93. The number of ether oxygens (including phenoxy) is 1. The maximum atomic E-state index is 9.59. The number of halogens is 1. The van der Waals surface area contributed by atoms with Gasteiger partial charge in [-0.05, 0) is 31.5 Å². The number of nitrogens with two attached hydrogens (primary N) is 1. The van der Waals surface area contributed by atoms with Crippen molar-refractivity contribution in [2.75, 3.05) is 6.54 Å². The average molecular weight is 274 g/mol. The minimum Gasteiger partial charge on any atom is -0.504 e. The maximum absolute atomic E-state index is 9.59. The number of fused-ring (bicyclic) bond motifs is 1. The summed E-state index contributed by atoms with van der Waals surface area (Å²) in [7, 11) is 0. The van der Waals surface area contributed by atoms with E-state index in [0.29, 0.717) is 12.3 Å². The van der Waals surface area contributed by atoms with Gasteiger partial charge in [0.1, 0.15) is 6.10 Å². The Hall–Kier alpha value is -0.740. The lowest BCUT2D eigenvalue weighted by atomic mass is 10.0. The zero-order valence-corrected chi connectivity index (χ0v) is 10.4. The third kappa shape index (κ3) is 2.26. The zero-order chi connectivity index (χ0) is 10.1. The van der Waals surface area contributed by atoms with Gasteiger partial charge in [-0.1, -0.05) is 6.07 Å². The molecule has 1 atom stereocenters. The largest absolute Gasteiger partial charge is 0.504 e. The molecule has 4 heteroatoms. The number of phenolic OH excluding ortho intramolecular Hbond substituents is 1. The molecule has 1 aromatic rings. The van der Waals surface area contributed by atoms with E-state index in [9.17, 15) is 5.11 Å². The molecule has 3 nitrogen and oxygen atoms in total. The molecule has 1 aromatic carbocycles. The van der Waals surface area contributed by atoms with Crippen LogP contribution < -0.4 is 10.5 Å². The predicted octanol–water partition coefficient (Wildman–Crippen LogP) is 1.79. The number of benzene rings is 1. The summed E-state index contributed by atoms with van der Waals surface area (Å²) in [6.45, 7) is 2.64. The molecule has 0 saturated heterocycles. The van der Waals surface area contributed by atoms with Gasteiger partial charge < -0.3 is 15.6 Å². The molecule has 15 heavy (non-hydrogen) atoms. The summed E-state index contributed by atoms with van der Waals surface area (Å²) >= 11 is 0. The fraction of sp³-hybridized carbons (Fsp3) is 0.455. The Bertz CT molecular complexity index is 355. The van der Waals surface area contributed by atoms with Gasteiger partial charge in [0, 0.05) is 12.0 Å². The third-order valence-electron chi connectivity index (χ3n) is 2.56. The molecule has 0 spiro atoms. The molecule has 0 radical (unpaired) electrons. The van der Waals surface area contributed by atoms with Crippen molar-refractivity contribution in [3.63, 3.8) is 0 Å². The highest BCUT2D eigenvalue weighted by Crippen LogP contribution is 2.39. The number of phenols is 1. The van der Waals surface area contributed by atoms with Crippen molar-refractivity contribution in [3.05, 3.63) is 23.3 Å². The number of hydrogen-bond acceptors (Lipinski definition) is 3. The minimum absolute atomic E-state index is 0. The van der Waals surface area contributed by atoms with Gasteiger partial charge in [-0.3, -0.25) is 0 Å². The molecule has 1 unspecified atom stereocenters. The summed E-state index contributed by atoms with van der Waals surface area (Å²) in [6.07, 6.45) is 1.88. The van der Waals surface area contributed by atoms with Crippen molar-refractivity contribution >= 4 is 17.0 Å². The van der Waals surface area contributed by atoms with E-state index in [1.54, 1.807) is 6.07 Å². The Balaban J connectivity index is 0.00000112. The van der Waals surface area contributed by atoms with Crippen molar-refractivity contribution in [1.82, 2.24) is 0 Å². The maximum Gasteiger partial charge on any atom is 0.164 e. The Morgan fingerprint density at radius 2 is 2.27 bits per heavy atom. The summed E-state index contributed by atoms with van der Waals surface area (Å²) in [4.78, 5) is 0. The highest BCUT2D eigenvalue weighted by Gasteiger charge is 2.24. The van der Waals surface area contributed by atoms with Crippen LogP contribution in [0, 0.1) is 0 Å². The van der Waals surface area contributed by atoms with Crippen LogP contribution in [0.3, 0.4) is 0 Å². The quantitative estimate of drug-likeness (QED) is 0.864. The number of rotatable bonds is 2. The second-order valence-electron chi connectivity index (χ2n) is 3.72. The van der Waals surface area contributed by atoms with Crippen LogP contribution in [0.25, 0.3) is 0 Å². The predicted molar refractivity (Wildman–Crippen MR) is 65.0 cm³/mol. The van der Waals surface area contributed by atoms with Crippen molar-refractivity contribution in [2.24, 2.45) is 5.73 Å². The van der Waals surface area contributed by atoms with Crippen molar-refractivity contribution in [1.29, 1.82) is 0 Å². The van der Waals surface area contributed by atoms with Gasteiger partial charge in [-0.25, -0.2) is 0 Å². The summed E-state index contributed by atoms with van der Waals surface area (Å²) in [5.41, 5.74) is 7.85. The minimum atomic E-state index is 0. The van der Waals surface area contributed by atoms with Gasteiger partial charge in [0.15, 0.2) is 11.5 Å². The van der Waals surface area contributed by atoms with Gasteiger partial charge in [-0.15, -0.1) is 17.0 Å². The van der Waals surface area contributed by atoms with Crippen molar-refractivity contribution < 1.29 is 9.84 Å². The first kappa shape index (κ1) is 12.3. The van der Waals surface area contributed by atoms with Gasteiger partial charge in [-0.2, -0.15) is 0 Å². The zero-order valence-electron chi connectivity index (χ0n) is 8.69. The van der Waals surface area contributed by atoms with E-state index < -0.39 is 0 Å². The molecule has 0 aromatic heterocycles. The Morgan fingerprint density at radius 1 is 1.53 bits per heavy atom. The molecular formula is C11H16BrNO2. The molecule has 0 saturated carbocycles. The second kappa shape index (κ2) is 4.86. The van der Waals surface area contributed by atoms with Crippen LogP contribution in [0.2, 0.25) is 0 Å². The van der Waals surface area contributed by atoms with Crippen LogP contribution in [0.1, 0.15) is 18.1 Å². The average Bonchev–Trinajstić information content (AvgIpc) is 2.53. The second-order valence-corrected chi connectivity index (χ2v) is 3.72. The number of hydrogen-bond donors (Lipinski definition) is 2. The molecule has 1 aliphatic heterocycles. The topological polar surface area (TPSA) is 55.5 Å². The summed E-state index contributed by atoms with van der Waals surface area (Å²) in [5, 5.41) is 9.59. The summed E-state index contributed by atoms with van der Waals surface area (Å²) in [6, 6.07) is 3.62. The molecule has 84 valence electrons. The SMILES string of the molecule is Br.CC1Cc2c(CCN)ccc(O)c2O1. The highest BCUT2D eigenvalue weighted by atomic mass is 79.9. The molecule has 0 bridgehead atoms. The third-order valence-corrected chi connectivity index (χ3v) is 2.56. The van der Waals surface area contributed by atoms with E-state index in [1.807, 2.05) is 13.0 Å². The van der Waals surface area contributed by atoms with E-state index >= 15 is 0 Å². The van der Waals surface area contributed by atoms with Gasteiger partial charge in [0.25, 0.3) is 0 Å². The van der Waals surface area contributed by atoms with E-state index in [0.717, 1.165) is 18.4 Å². The molecule has 2 rings (SSSR count). The standard InChI is InChI=1S/C11H15NO2.BrH/c1-7-6-9-8(4-5-12)2-3-10(13)11(9)14-7;/h2-3,7,13H,4-6,12H2,1H3;1H. The van der Waals surface area contributed by atoms with Crippen LogP contribution in [0.4, 0.5) is 0 Å². The molecule has 0 aliphatic carbocycles. The lowest BCUT2D eigenvalue weighted by molar-refractivity contribution is 0.245. The smallest absolute Gasteiger partial charge is 0.164 e. The number of aromatic hydroxyl groups is 1. The van der Waals surface area contributed by atoms with Crippen molar-refractivity contribution in [2.45, 2.75) is 25.9 Å². The molecule has 0 amide bonds. The van der Waals surface area contributed by atoms with Gasteiger partial charge in [0.2, 0.25) is 0 Å². The van der Waals surface area contributed by atoms with E-state index in [4.69, 9.17) is 10.5 Å². The molecule has 1 aliphatic rings.